The van der Waals surface area contributed by atoms with Crippen molar-refractivity contribution in [2.24, 2.45) is 0 Å². The number of hydrogen-bond donors (Lipinski definition) is 0. The lowest BCUT2D eigenvalue weighted by molar-refractivity contribution is 0.231. The van der Waals surface area contributed by atoms with E-state index < -0.39 is 0 Å². The van der Waals surface area contributed by atoms with Crippen LogP contribution in [0.15, 0.2) is 16.9 Å². The second-order valence-electron chi connectivity index (χ2n) is 5.92. The lowest BCUT2D eigenvalue weighted by atomic mass is 10.2. The summed E-state index contributed by atoms with van der Waals surface area (Å²) >= 11 is 0. The molecule has 0 bridgehead atoms. The Bertz CT molecular complexity index is 592. The van der Waals surface area contributed by atoms with Gasteiger partial charge in [0.15, 0.2) is 5.82 Å². The molecular formula is C15H21N5O. The Morgan fingerprint density at radius 3 is 2.86 bits per heavy atom. The van der Waals surface area contributed by atoms with Crippen LogP contribution in [0.1, 0.15) is 61.8 Å². The average molecular weight is 287 g/mol. The fourth-order valence-corrected chi connectivity index (χ4v) is 2.63. The third-order valence-corrected chi connectivity index (χ3v) is 3.81. The van der Waals surface area contributed by atoms with E-state index in [2.05, 4.69) is 38.9 Å². The molecule has 0 N–H and O–H groups in total. The number of hydrogen-bond acceptors (Lipinski definition) is 6. The summed E-state index contributed by atoms with van der Waals surface area (Å²) < 4.78 is 5.34. The molecule has 112 valence electrons. The molecule has 0 radical (unpaired) electrons. The van der Waals surface area contributed by atoms with Gasteiger partial charge < -0.3 is 4.52 Å². The topological polar surface area (TPSA) is 67.9 Å². The Labute approximate surface area is 124 Å². The van der Waals surface area contributed by atoms with Crippen LogP contribution in [0.3, 0.4) is 0 Å². The fraction of sp³-hybridized carbons (Fsp3) is 0.600. The molecule has 2 aromatic rings. The van der Waals surface area contributed by atoms with Crippen LogP contribution in [0.4, 0.5) is 0 Å². The molecule has 6 heteroatoms. The van der Waals surface area contributed by atoms with Gasteiger partial charge in [-0.05, 0) is 26.3 Å². The van der Waals surface area contributed by atoms with Crippen LogP contribution in [0.2, 0.25) is 0 Å². The summed E-state index contributed by atoms with van der Waals surface area (Å²) in [5.41, 5.74) is 1.93. The summed E-state index contributed by atoms with van der Waals surface area (Å²) in [6, 6.07) is 0.226. The van der Waals surface area contributed by atoms with Gasteiger partial charge in [0.25, 0.3) is 0 Å². The highest BCUT2D eigenvalue weighted by Crippen LogP contribution is 2.31. The van der Waals surface area contributed by atoms with Gasteiger partial charge in [-0.3, -0.25) is 14.9 Å². The standard InChI is InChI=1S/C15H21N5O/c1-10(2)15-18-14(19-21-15)13-5-4-6-20(13)9-12-8-16-11(3)7-17-12/h7-8,10,13H,4-6,9H2,1-3H3/t13-/m1/s1. The zero-order valence-electron chi connectivity index (χ0n) is 12.8. The fourth-order valence-electron chi connectivity index (χ4n) is 2.63. The number of nitrogens with zero attached hydrogens (tertiary/aromatic N) is 5. The van der Waals surface area contributed by atoms with E-state index in [4.69, 9.17) is 4.52 Å². The molecule has 1 saturated heterocycles. The van der Waals surface area contributed by atoms with E-state index in [0.717, 1.165) is 43.1 Å². The first-order valence-corrected chi connectivity index (χ1v) is 7.48. The molecule has 0 saturated carbocycles. The van der Waals surface area contributed by atoms with Crippen LogP contribution in [0.5, 0.6) is 0 Å². The van der Waals surface area contributed by atoms with Crippen molar-refractivity contribution >= 4 is 0 Å². The monoisotopic (exact) mass is 287 g/mol. The van der Waals surface area contributed by atoms with Crippen molar-refractivity contribution in [2.75, 3.05) is 6.54 Å². The van der Waals surface area contributed by atoms with Gasteiger partial charge in [-0.15, -0.1) is 0 Å². The predicted molar refractivity (Wildman–Crippen MR) is 77.5 cm³/mol. The van der Waals surface area contributed by atoms with Gasteiger partial charge >= 0.3 is 0 Å². The van der Waals surface area contributed by atoms with Crippen LogP contribution in [-0.4, -0.2) is 31.6 Å². The second-order valence-corrected chi connectivity index (χ2v) is 5.92. The predicted octanol–water partition coefficient (Wildman–Crippen LogP) is 2.63. The van der Waals surface area contributed by atoms with E-state index in [9.17, 15) is 0 Å². The molecular weight excluding hydrogens is 266 g/mol. The first kappa shape index (κ1) is 14.1. The highest BCUT2D eigenvalue weighted by molar-refractivity contribution is 5.04. The Balaban J connectivity index is 1.74. The largest absolute Gasteiger partial charge is 0.339 e. The van der Waals surface area contributed by atoms with Gasteiger partial charge in [0.05, 0.1) is 17.4 Å². The summed E-state index contributed by atoms with van der Waals surface area (Å²) in [7, 11) is 0. The summed E-state index contributed by atoms with van der Waals surface area (Å²) in [6.45, 7) is 7.88. The summed E-state index contributed by atoms with van der Waals surface area (Å²) in [5.74, 6) is 1.78. The normalized spacial score (nSPS) is 19.5. The minimum Gasteiger partial charge on any atom is -0.339 e. The summed E-state index contributed by atoms with van der Waals surface area (Å²) in [4.78, 5) is 15.6. The molecule has 0 aliphatic carbocycles. The molecule has 1 fully saturated rings. The van der Waals surface area contributed by atoms with Crippen LogP contribution >= 0.6 is 0 Å². The molecule has 1 atom stereocenters. The SMILES string of the molecule is Cc1cnc(CN2CCC[C@@H]2c2noc(C(C)C)n2)cn1. The molecule has 3 heterocycles. The molecule has 1 aliphatic rings. The first-order valence-electron chi connectivity index (χ1n) is 7.48. The Hall–Kier alpha value is -1.82. The maximum atomic E-state index is 5.34. The summed E-state index contributed by atoms with van der Waals surface area (Å²) in [5, 5.41) is 4.16. The molecule has 0 spiro atoms. The minimum atomic E-state index is 0.226. The van der Waals surface area contributed by atoms with Crippen molar-refractivity contribution in [3.63, 3.8) is 0 Å². The van der Waals surface area contributed by atoms with Gasteiger partial charge in [-0.1, -0.05) is 19.0 Å². The zero-order chi connectivity index (χ0) is 14.8. The van der Waals surface area contributed by atoms with Crippen molar-refractivity contribution < 1.29 is 4.52 Å². The number of likely N-dealkylation sites (tertiary alicyclic amines) is 1. The maximum absolute atomic E-state index is 5.34. The Morgan fingerprint density at radius 2 is 2.19 bits per heavy atom. The Kier molecular flexibility index (Phi) is 3.96. The number of aromatic nitrogens is 4. The third kappa shape index (κ3) is 3.10. The van der Waals surface area contributed by atoms with Crippen molar-refractivity contribution in [1.29, 1.82) is 0 Å². The molecule has 0 amide bonds. The second kappa shape index (κ2) is 5.89. The third-order valence-electron chi connectivity index (χ3n) is 3.81. The Morgan fingerprint density at radius 1 is 1.33 bits per heavy atom. The van der Waals surface area contributed by atoms with Gasteiger partial charge in [-0.25, -0.2) is 0 Å². The van der Waals surface area contributed by atoms with E-state index in [1.165, 1.54) is 0 Å². The van der Waals surface area contributed by atoms with Crippen molar-refractivity contribution in [3.05, 3.63) is 35.5 Å². The van der Waals surface area contributed by atoms with Gasteiger partial charge in [-0.2, -0.15) is 4.98 Å². The van der Waals surface area contributed by atoms with E-state index in [0.29, 0.717) is 5.89 Å². The number of aryl methyl sites for hydroxylation is 1. The van der Waals surface area contributed by atoms with Crippen molar-refractivity contribution in [2.45, 2.75) is 52.1 Å². The van der Waals surface area contributed by atoms with Gasteiger partial charge in [0.1, 0.15) is 0 Å². The lowest BCUT2D eigenvalue weighted by Gasteiger charge is -2.21. The molecule has 0 aromatic carbocycles. The number of rotatable bonds is 4. The highest BCUT2D eigenvalue weighted by Gasteiger charge is 2.30. The van der Waals surface area contributed by atoms with Crippen molar-refractivity contribution in [1.82, 2.24) is 25.0 Å². The van der Waals surface area contributed by atoms with E-state index in [-0.39, 0.29) is 12.0 Å². The van der Waals surface area contributed by atoms with E-state index in [1.807, 2.05) is 19.3 Å². The highest BCUT2D eigenvalue weighted by atomic mass is 16.5. The molecule has 21 heavy (non-hydrogen) atoms. The maximum Gasteiger partial charge on any atom is 0.229 e. The lowest BCUT2D eigenvalue weighted by Crippen LogP contribution is -2.24. The minimum absolute atomic E-state index is 0.226. The molecule has 3 rings (SSSR count). The van der Waals surface area contributed by atoms with Crippen LogP contribution < -0.4 is 0 Å². The molecule has 2 aromatic heterocycles. The zero-order valence-corrected chi connectivity index (χ0v) is 12.8. The quantitative estimate of drug-likeness (QED) is 0.861. The van der Waals surface area contributed by atoms with Crippen LogP contribution in [0, 0.1) is 6.92 Å². The van der Waals surface area contributed by atoms with Crippen LogP contribution in [-0.2, 0) is 6.54 Å². The summed E-state index contributed by atoms with van der Waals surface area (Å²) in [6.07, 6.45) is 5.87. The van der Waals surface area contributed by atoms with Crippen LogP contribution in [0.25, 0.3) is 0 Å². The van der Waals surface area contributed by atoms with E-state index in [1.54, 1.807) is 0 Å². The van der Waals surface area contributed by atoms with Crippen molar-refractivity contribution in [3.8, 4) is 0 Å². The van der Waals surface area contributed by atoms with E-state index >= 15 is 0 Å². The van der Waals surface area contributed by atoms with Gasteiger partial charge in [0.2, 0.25) is 5.89 Å². The molecule has 0 unspecified atom stereocenters. The first-order chi connectivity index (χ1) is 10.1. The molecule has 1 aliphatic heterocycles. The van der Waals surface area contributed by atoms with Gasteiger partial charge in [0, 0.05) is 24.9 Å². The smallest absolute Gasteiger partial charge is 0.229 e. The average Bonchev–Trinajstić information content (AvgIpc) is 3.09. The molecule has 6 nitrogen and oxygen atoms in total.